The Morgan fingerprint density at radius 2 is 1.72 bits per heavy atom. The first kappa shape index (κ1) is 18.7. The van der Waals surface area contributed by atoms with Crippen molar-refractivity contribution in [2.75, 3.05) is 13.2 Å². The van der Waals surface area contributed by atoms with E-state index < -0.39 is 11.3 Å². The molecule has 1 fully saturated rings. The molecule has 0 spiro atoms. The summed E-state index contributed by atoms with van der Waals surface area (Å²) in [6.07, 6.45) is 2.20. The van der Waals surface area contributed by atoms with Gasteiger partial charge in [-0.1, -0.05) is 66.5 Å². The summed E-state index contributed by atoms with van der Waals surface area (Å²) >= 11 is 12.3. The SMILES string of the molecule is CCC(N)(CCC1(c2ccc(Cl)c(Cl)c2)OCCO1)c1ccccc1. The number of nitrogens with two attached hydrogens (primary N) is 1. The van der Waals surface area contributed by atoms with Gasteiger partial charge in [-0.3, -0.25) is 0 Å². The van der Waals surface area contributed by atoms with Crippen LogP contribution in [-0.4, -0.2) is 13.2 Å². The molecule has 0 radical (unpaired) electrons. The fourth-order valence-electron chi connectivity index (χ4n) is 3.33. The van der Waals surface area contributed by atoms with E-state index >= 15 is 0 Å². The Hall–Kier alpha value is -1.10. The lowest BCUT2D eigenvalue weighted by atomic mass is 9.82. The maximum Gasteiger partial charge on any atom is 0.195 e. The molecule has 1 aliphatic rings. The molecule has 1 atom stereocenters. The van der Waals surface area contributed by atoms with E-state index in [9.17, 15) is 0 Å². The number of ether oxygens (including phenoxy) is 2. The summed E-state index contributed by atoms with van der Waals surface area (Å²) < 4.78 is 12.0. The molecule has 1 saturated heterocycles. The fourth-order valence-corrected chi connectivity index (χ4v) is 3.62. The molecule has 3 rings (SSSR count). The molecule has 1 heterocycles. The van der Waals surface area contributed by atoms with Crippen molar-refractivity contribution >= 4 is 23.2 Å². The van der Waals surface area contributed by atoms with Gasteiger partial charge in [0.1, 0.15) is 0 Å². The second-order valence-corrected chi connectivity index (χ2v) is 7.27. The van der Waals surface area contributed by atoms with E-state index in [4.69, 9.17) is 38.4 Å². The van der Waals surface area contributed by atoms with Gasteiger partial charge < -0.3 is 15.2 Å². The molecule has 2 aromatic rings. The highest BCUT2D eigenvalue weighted by atomic mass is 35.5. The predicted octanol–water partition coefficient (Wildman–Crippen LogP) is 5.24. The van der Waals surface area contributed by atoms with Gasteiger partial charge in [0.05, 0.1) is 23.3 Å². The maximum atomic E-state index is 6.73. The van der Waals surface area contributed by atoms with Crippen molar-refractivity contribution in [2.24, 2.45) is 5.73 Å². The number of hydrogen-bond acceptors (Lipinski definition) is 3. The highest BCUT2D eigenvalue weighted by molar-refractivity contribution is 6.42. The van der Waals surface area contributed by atoms with Crippen molar-refractivity contribution in [3.05, 3.63) is 69.7 Å². The van der Waals surface area contributed by atoms with E-state index in [0.717, 1.165) is 24.0 Å². The normalized spacial score (nSPS) is 18.9. The Kier molecular flexibility index (Phi) is 5.71. The molecule has 0 bridgehead atoms. The second kappa shape index (κ2) is 7.65. The molecule has 25 heavy (non-hydrogen) atoms. The molecule has 0 amide bonds. The zero-order valence-electron chi connectivity index (χ0n) is 14.3. The van der Waals surface area contributed by atoms with Gasteiger partial charge >= 0.3 is 0 Å². The molecule has 1 aliphatic heterocycles. The average molecular weight is 380 g/mol. The van der Waals surface area contributed by atoms with E-state index in [-0.39, 0.29) is 0 Å². The van der Waals surface area contributed by atoms with Gasteiger partial charge in [0.2, 0.25) is 0 Å². The van der Waals surface area contributed by atoms with Crippen LogP contribution in [0.2, 0.25) is 10.0 Å². The molecule has 0 aliphatic carbocycles. The quantitative estimate of drug-likeness (QED) is 0.746. The van der Waals surface area contributed by atoms with E-state index in [1.165, 1.54) is 0 Å². The molecule has 1 unspecified atom stereocenters. The van der Waals surface area contributed by atoms with Crippen LogP contribution >= 0.6 is 23.2 Å². The van der Waals surface area contributed by atoms with Gasteiger partial charge in [0, 0.05) is 17.5 Å². The van der Waals surface area contributed by atoms with Crippen LogP contribution in [0, 0.1) is 0 Å². The standard InChI is InChI=1S/C20H23Cl2NO2/c1-2-19(23,15-6-4-3-5-7-15)10-11-20(24-12-13-25-20)16-8-9-17(21)18(22)14-16/h3-9,14H,2,10-13,23H2,1H3. The molecular weight excluding hydrogens is 357 g/mol. The van der Waals surface area contributed by atoms with Gasteiger partial charge in [-0.05, 0) is 30.5 Å². The van der Waals surface area contributed by atoms with Crippen LogP contribution < -0.4 is 5.73 Å². The van der Waals surface area contributed by atoms with E-state index in [2.05, 4.69) is 19.1 Å². The van der Waals surface area contributed by atoms with Crippen LogP contribution in [-0.2, 0) is 20.8 Å². The topological polar surface area (TPSA) is 44.5 Å². The van der Waals surface area contributed by atoms with Crippen molar-refractivity contribution in [1.29, 1.82) is 0 Å². The summed E-state index contributed by atoms with van der Waals surface area (Å²) in [7, 11) is 0. The molecule has 0 aromatic heterocycles. The molecule has 2 N–H and O–H groups in total. The van der Waals surface area contributed by atoms with Gasteiger partial charge in [-0.2, -0.15) is 0 Å². The summed E-state index contributed by atoms with van der Waals surface area (Å²) in [6.45, 7) is 3.21. The van der Waals surface area contributed by atoms with Gasteiger partial charge in [-0.25, -0.2) is 0 Å². The van der Waals surface area contributed by atoms with Crippen molar-refractivity contribution in [2.45, 2.75) is 37.5 Å². The second-order valence-electron chi connectivity index (χ2n) is 6.45. The summed E-state index contributed by atoms with van der Waals surface area (Å²) in [5, 5.41) is 1.01. The van der Waals surface area contributed by atoms with E-state index in [1.54, 1.807) is 6.07 Å². The molecule has 0 saturated carbocycles. The first-order valence-corrected chi connectivity index (χ1v) is 9.32. The van der Waals surface area contributed by atoms with Gasteiger partial charge in [0.25, 0.3) is 0 Å². The Morgan fingerprint density at radius 1 is 1.04 bits per heavy atom. The number of benzene rings is 2. The molecular formula is C20H23Cl2NO2. The van der Waals surface area contributed by atoms with Crippen LogP contribution in [0.4, 0.5) is 0 Å². The largest absolute Gasteiger partial charge is 0.343 e. The Morgan fingerprint density at radius 3 is 2.32 bits per heavy atom. The third-order valence-corrected chi connectivity index (χ3v) is 5.73. The maximum absolute atomic E-state index is 6.73. The fraction of sp³-hybridized carbons (Fsp3) is 0.400. The number of hydrogen-bond donors (Lipinski definition) is 1. The molecule has 2 aromatic carbocycles. The minimum absolute atomic E-state index is 0.431. The van der Waals surface area contributed by atoms with Crippen LogP contribution in [0.3, 0.4) is 0 Å². The number of rotatable bonds is 6. The molecule has 3 nitrogen and oxygen atoms in total. The highest BCUT2D eigenvalue weighted by Crippen LogP contribution is 2.41. The minimum Gasteiger partial charge on any atom is -0.343 e. The molecule has 134 valence electrons. The lowest BCUT2D eigenvalue weighted by Gasteiger charge is -2.34. The van der Waals surface area contributed by atoms with Crippen LogP contribution in [0.5, 0.6) is 0 Å². The lowest BCUT2D eigenvalue weighted by Crippen LogP contribution is -2.39. The molecule has 5 heteroatoms. The van der Waals surface area contributed by atoms with E-state index in [0.29, 0.717) is 29.7 Å². The van der Waals surface area contributed by atoms with E-state index in [1.807, 2.05) is 30.3 Å². The summed E-state index contributed by atoms with van der Waals surface area (Å²) in [5.74, 6) is -0.817. The van der Waals surface area contributed by atoms with Gasteiger partial charge in [-0.15, -0.1) is 0 Å². The van der Waals surface area contributed by atoms with Crippen molar-refractivity contribution < 1.29 is 9.47 Å². The lowest BCUT2D eigenvalue weighted by molar-refractivity contribution is -0.174. The smallest absolute Gasteiger partial charge is 0.195 e. The van der Waals surface area contributed by atoms with Gasteiger partial charge in [0.15, 0.2) is 5.79 Å². The summed E-state index contributed by atoms with van der Waals surface area (Å²) in [4.78, 5) is 0. The first-order valence-electron chi connectivity index (χ1n) is 8.57. The number of halogens is 2. The minimum atomic E-state index is -0.817. The zero-order chi connectivity index (χ0) is 17.9. The van der Waals surface area contributed by atoms with Crippen LogP contribution in [0.1, 0.15) is 37.3 Å². The Balaban J connectivity index is 1.86. The Bertz CT molecular complexity index is 717. The highest BCUT2D eigenvalue weighted by Gasteiger charge is 2.41. The van der Waals surface area contributed by atoms with Crippen molar-refractivity contribution in [3.8, 4) is 0 Å². The van der Waals surface area contributed by atoms with Crippen molar-refractivity contribution in [3.63, 3.8) is 0 Å². The Labute approximate surface area is 159 Å². The average Bonchev–Trinajstić information content (AvgIpc) is 3.13. The van der Waals surface area contributed by atoms with Crippen LogP contribution in [0.25, 0.3) is 0 Å². The third kappa shape index (κ3) is 3.86. The monoisotopic (exact) mass is 379 g/mol. The third-order valence-electron chi connectivity index (χ3n) is 4.99. The zero-order valence-corrected chi connectivity index (χ0v) is 15.8. The van der Waals surface area contributed by atoms with Crippen LogP contribution in [0.15, 0.2) is 48.5 Å². The summed E-state index contributed by atoms with van der Waals surface area (Å²) in [6, 6.07) is 15.7. The predicted molar refractivity (Wildman–Crippen MR) is 102 cm³/mol. The summed E-state index contributed by atoms with van der Waals surface area (Å²) in [5.41, 5.74) is 8.30. The first-order chi connectivity index (χ1) is 12.0. The van der Waals surface area contributed by atoms with Crippen molar-refractivity contribution in [1.82, 2.24) is 0 Å².